The second-order valence-corrected chi connectivity index (χ2v) is 3.54. The van der Waals surface area contributed by atoms with E-state index in [0.717, 1.165) is 5.69 Å². The van der Waals surface area contributed by atoms with Crippen LogP contribution in [0, 0.1) is 0 Å². The van der Waals surface area contributed by atoms with Crippen LogP contribution in [0.3, 0.4) is 0 Å². The van der Waals surface area contributed by atoms with Gasteiger partial charge in [0.05, 0.1) is 14.2 Å². The molecule has 1 aromatic carbocycles. The fourth-order valence-corrected chi connectivity index (χ4v) is 1.50. The average Bonchev–Trinajstić information content (AvgIpc) is 2.26. The Morgan fingerprint density at radius 1 is 1.06 bits per heavy atom. The molecular weight excluding hydrogens is 209 g/mol. The minimum atomic E-state index is -1.54. The van der Waals surface area contributed by atoms with Gasteiger partial charge in [0.15, 0.2) is 0 Å². The van der Waals surface area contributed by atoms with Crippen LogP contribution in [-0.2, 0) is 0 Å². The van der Waals surface area contributed by atoms with Crippen LogP contribution in [0.2, 0.25) is 0 Å². The Morgan fingerprint density at radius 2 is 1.50 bits per heavy atom. The molecule has 5 nitrogen and oxygen atoms in total. The molecule has 88 valence electrons. The first-order chi connectivity index (χ1) is 7.51. The van der Waals surface area contributed by atoms with E-state index in [1.165, 1.54) is 14.2 Å². The lowest BCUT2D eigenvalue weighted by Crippen LogP contribution is -2.30. The molecule has 0 saturated carbocycles. The van der Waals surface area contributed by atoms with Crippen molar-refractivity contribution < 1.29 is 19.5 Å². The van der Waals surface area contributed by atoms with E-state index < -0.39 is 7.12 Å². The smallest absolute Gasteiger partial charge is 0.488 e. The van der Waals surface area contributed by atoms with Gasteiger partial charge < -0.3 is 24.4 Å². The topological polar surface area (TPSA) is 62.2 Å². The SMILES string of the molecule is COc1cc(B(O)O)cc(OC)c1N(C)C. The van der Waals surface area contributed by atoms with Gasteiger partial charge in [-0.15, -0.1) is 0 Å². The Morgan fingerprint density at radius 3 is 1.75 bits per heavy atom. The number of benzene rings is 1. The van der Waals surface area contributed by atoms with Crippen molar-refractivity contribution in [1.29, 1.82) is 0 Å². The summed E-state index contributed by atoms with van der Waals surface area (Å²) in [6, 6.07) is 3.14. The molecule has 0 saturated heterocycles. The highest BCUT2D eigenvalue weighted by Crippen LogP contribution is 2.35. The summed E-state index contributed by atoms with van der Waals surface area (Å²) < 4.78 is 10.4. The summed E-state index contributed by atoms with van der Waals surface area (Å²) in [5, 5.41) is 18.2. The van der Waals surface area contributed by atoms with Crippen molar-refractivity contribution in [3.8, 4) is 11.5 Å². The van der Waals surface area contributed by atoms with Crippen molar-refractivity contribution in [2.24, 2.45) is 0 Å². The molecule has 0 atom stereocenters. The highest BCUT2D eigenvalue weighted by molar-refractivity contribution is 6.58. The van der Waals surface area contributed by atoms with Crippen LogP contribution in [0.5, 0.6) is 11.5 Å². The highest BCUT2D eigenvalue weighted by atomic mass is 16.5. The number of methoxy groups -OCH3 is 2. The molecule has 16 heavy (non-hydrogen) atoms. The Labute approximate surface area is 95.4 Å². The molecule has 0 radical (unpaired) electrons. The lowest BCUT2D eigenvalue weighted by Gasteiger charge is -2.20. The van der Waals surface area contributed by atoms with E-state index in [4.69, 9.17) is 19.5 Å². The molecule has 0 amide bonds. The van der Waals surface area contributed by atoms with Gasteiger partial charge in [-0.05, 0) is 17.6 Å². The molecule has 6 heteroatoms. The summed E-state index contributed by atoms with van der Waals surface area (Å²) in [6.07, 6.45) is 0. The van der Waals surface area contributed by atoms with Crippen LogP contribution in [0.1, 0.15) is 0 Å². The normalized spacial score (nSPS) is 9.88. The molecular formula is C10H16BNO4. The molecule has 0 aliphatic heterocycles. The predicted octanol–water partition coefficient (Wildman–Crippen LogP) is -0.550. The van der Waals surface area contributed by atoms with Crippen molar-refractivity contribution in [2.45, 2.75) is 0 Å². The van der Waals surface area contributed by atoms with E-state index >= 15 is 0 Å². The van der Waals surface area contributed by atoms with Crippen molar-refractivity contribution in [3.63, 3.8) is 0 Å². The van der Waals surface area contributed by atoms with E-state index in [9.17, 15) is 0 Å². The second kappa shape index (κ2) is 5.09. The van der Waals surface area contributed by atoms with Gasteiger partial charge >= 0.3 is 7.12 Å². The summed E-state index contributed by atoms with van der Waals surface area (Å²) >= 11 is 0. The maximum atomic E-state index is 9.12. The van der Waals surface area contributed by atoms with Crippen molar-refractivity contribution in [3.05, 3.63) is 12.1 Å². The van der Waals surface area contributed by atoms with Crippen molar-refractivity contribution in [1.82, 2.24) is 0 Å². The predicted molar refractivity (Wildman–Crippen MR) is 63.7 cm³/mol. The van der Waals surface area contributed by atoms with Crippen molar-refractivity contribution >= 4 is 18.3 Å². The van der Waals surface area contributed by atoms with Gasteiger partial charge in [-0.25, -0.2) is 0 Å². The summed E-state index contributed by atoms with van der Waals surface area (Å²) in [5.41, 5.74) is 1.09. The fraction of sp³-hybridized carbons (Fsp3) is 0.400. The van der Waals surface area contributed by atoms with E-state index in [-0.39, 0.29) is 0 Å². The summed E-state index contributed by atoms with van der Waals surface area (Å²) in [4.78, 5) is 1.84. The molecule has 0 bridgehead atoms. The number of hydrogen-bond donors (Lipinski definition) is 2. The van der Waals surface area contributed by atoms with Gasteiger partial charge in [0.25, 0.3) is 0 Å². The van der Waals surface area contributed by atoms with E-state index in [1.807, 2.05) is 19.0 Å². The van der Waals surface area contributed by atoms with Crippen LogP contribution in [0.4, 0.5) is 5.69 Å². The summed E-state index contributed by atoms with van der Waals surface area (Å²) in [5.74, 6) is 1.07. The monoisotopic (exact) mass is 225 g/mol. The minimum absolute atomic E-state index is 0.333. The molecule has 0 fully saturated rings. The van der Waals surface area contributed by atoms with E-state index in [0.29, 0.717) is 17.0 Å². The molecule has 0 heterocycles. The third-order valence-corrected chi connectivity index (χ3v) is 2.25. The van der Waals surface area contributed by atoms with Gasteiger partial charge in [0, 0.05) is 14.1 Å². The van der Waals surface area contributed by atoms with E-state index in [1.54, 1.807) is 12.1 Å². The van der Waals surface area contributed by atoms with Crippen LogP contribution >= 0.6 is 0 Å². The zero-order chi connectivity index (χ0) is 12.3. The highest BCUT2D eigenvalue weighted by Gasteiger charge is 2.19. The Hall–Kier alpha value is -1.40. The van der Waals surface area contributed by atoms with Crippen LogP contribution in [-0.4, -0.2) is 45.5 Å². The number of hydrogen-bond acceptors (Lipinski definition) is 5. The third-order valence-electron chi connectivity index (χ3n) is 2.25. The number of anilines is 1. The average molecular weight is 225 g/mol. The standard InChI is InChI=1S/C10H16BNO4/c1-12(2)10-8(15-3)5-7(11(13)14)6-9(10)16-4/h5-6,13-14H,1-4H3. The largest absolute Gasteiger partial charge is 0.494 e. The molecule has 0 aliphatic rings. The van der Waals surface area contributed by atoms with Gasteiger partial charge in [0.2, 0.25) is 0 Å². The first-order valence-corrected chi connectivity index (χ1v) is 4.80. The first-order valence-electron chi connectivity index (χ1n) is 4.80. The number of ether oxygens (including phenoxy) is 2. The zero-order valence-electron chi connectivity index (χ0n) is 9.89. The molecule has 2 N–H and O–H groups in total. The van der Waals surface area contributed by atoms with Crippen LogP contribution < -0.4 is 19.8 Å². The molecule has 1 rings (SSSR count). The molecule has 0 aromatic heterocycles. The quantitative estimate of drug-likeness (QED) is 0.673. The summed E-state index contributed by atoms with van der Waals surface area (Å²) in [6.45, 7) is 0. The molecule has 0 aliphatic carbocycles. The van der Waals surface area contributed by atoms with Crippen LogP contribution in [0.25, 0.3) is 0 Å². The molecule has 0 unspecified atom stereocenters. The molecule has 1 aromatic rings. The third kappa shape index (κ3) is 2.40. The second-order valence-electron chi connectivity index (χ2n) is 3.54. The first kappa shape index (κ1) is 12.7. The minimum Gasteiger partial charge on any atom is -0.494 e. The van der Waals surface area contributed by atoms with Gasteiger partial charge in [-0.3, -0.25) is 0 Å². The Balaban J connectivity index is 3.37. The Kier molecular flexibility index (Phi) is 4.03. The Bertz CT molecular complexity index is 343. The zero-order valence-corrected chi connectivity index (χ0v) is 9.89. The summed E-state index contributed by atoms with van der Waals surface area (Å²) in [7, 11) is 5.22. The van der Waals surface area contributed by atoms with Gasteiger partial charge in [0.1, 0.15) is 17.2 Å². The van der Waals surface area contributed by atoms with Gasteiger partial charge in [-0.1, -0.05) is 0 Å². The number of nitrogens with zero attached hydrogens (tertiary/aromatic N) is 1. The van der Waals surface area contributed by atoms with Crippen molar-refractivity contribution in [2.75, 3.05) is 33.2 Å². The van der Waals surface area contributed by atoms with Gasteiger partial charge in [-0.2, -0.15) is 0 Å². The maximum absolute atomic E-state index is 9.12. The van der Waals surface area contributed by atoms with E-state index in [2.05, 4.69) is 0 Å². The lowest BCUT2D eigenvalue weighted by molar-refractivity contribution is 0.394. The van der Waals surface area contributed by atoms with Crippen LogP contribution in [0.15, 0.2) is 12.1 Å². The maximum Gasteiger partial charge on any atom is 0.488 e. The molecule has 0 spiro atoms. The fourth-order valence-electron chi connectivity index (χ4n) is 1.50. The lowest BCUT2D eigenvalue weighted by atomic mass is 9.80. The number of rotatable bonds is 4.